The SMILES string of the molecule is COc1ccccc1CNC(=O)COc1cc(Cl)ccc1Cl. The van der Waals surface area contributed by atoms with Gasteiger partial charge in [0.05, 0.1) is 12.1 Å². The Hall–Kier alpha value is -1.91. The first-order valence-corrected chi connectivity index (χ1v) is 7.32. The fourth-order valence-corrected chi connectivity index (χ4v) is 2.16. The lowest BCUT2D eigenvalue weighted by Crippen LogP contribution is -2.28. The number of benzene rings is 2. The number of rotatable bonds is 6. The molecule has 6 heteroatoms. The van der Waals surface area contributed by atoms with E-state index in [-0.39, 0.29) is 12.5 Å². The lowest BCUT2D eigenvalue weighted by molar-refractivity contribution is -0.123. The minimum atomic E-state index is -0.262. The number of halogens is 2. The number of carbonyl (C=O) groups is 1. The van der Waals surface area contributed by atoms with Crippen molar-refractivity contribution in [1.29, 1.82) is 0 Å². The summed E-state index contributed by atoms with van der Waals surface area (Å²) in [6.45, 7) is 0.213. The average molecular weight is 340 g/mol. The second kappa shape index (κ2) is 7.92. The van der Waals surface area contributed by atoms with Crippen molar-refractivity contribution in [3.8, 4) is 11.5 Å². The maximum Gasteiger partial charge on any atom is 0.258 e. The van der Waals surface area contributed by atoms with E-state index in [2.05, 4.69) is 5.32 Å². The second-order valence-corrected chi connectivity index (χ2v) is 5.30. The van der Waals surface area contributed by atoms with E-state index in [0.717, 1.165) is 11.3 Å². The highest BCUT2D eigenvalue weighted by atomic mass is 35.5. The summed E-state index contributed by atoms with van der Waals surface area (Å²) in [4.78, 5) is 11.8. The van der Waals surface area contributed by atoms with Crippen LogP contribution in [0.1, 0.15) is 5.56 Å². The van der Waals surface area contributed by atoms with Crippen molar-refractivity contribution < 1.29 is 14.3 Å². The molecule has 1 N–H and O–H groups in total. The Bertz CT molecular complexity index is 662. The van der Waals surface area contributed by atoms with Gasteiger partial charge in [-0.25, -0.2) is 0 Å². The van der Waals surface area contributed by atoms with Crippen molar-refractivity contribution in [3.63, 3.8) is 0 Å². The van der Waals surface area contributed by atoms with Crippen LogP contribution in [0.2, 0.25) is 10.0 Å². The molecule has 4 nitrogen and oxygen atoms in total. The molecular formula is C16H15Cl2NO3. The molecule has 2 aromatic carbocycles. The van der Waals surface area contributed by atoms with Crippen LogP contribution in [0.25, 0.3) is 0 Å². The first kappa shape index (κ1) is 16.5. The molecule has 0 aromatic heterocycles. The molecule has 0 aliphatic rings. The van der Waals surface area contributed by atoms with Crippen LogP contribution in [-0.4, -0.2) is 19.6 Å². The highest BCUT2D eigenvalue weighted by molar-refractivity contribution is 6.34. The zero-order valence-electron chi connectivity index (χ0n) is 11.9. The number of methoxy groups -OCH3 is 1. The fourth-order valence-electron chi connectivity index (χ4n) is 1.82. The normalized spacial score (nSPS) is 10.1. The van der Waals surface area contributed by atoms with Crippen LogP contribution >= 0.6 is 23.2 Å². The molecule has 0 aliphatic heterocycles. The highest BCUT2D eigenvalue weighted by Crippen LogP contribution is 2.27. The van der Waals surface area contributed by atoms with Crippen LogP contribution in [-0.2, 0) is 11.3 Å². The molecule has 1 amide bonds. The van der Waals surface area contributed by atoms with Gasteiger partial charge in [0.1, 0.15) is 11.5 Å². The Morgan fingerprint density at radius 2 is 1.91 bits per heavy atom. The average Bonchev–Trinajstić information content (AvgIpc) is 2.54. The van der Waals surface area contributed by atoms with Gasteiger partial charge in [-0.1, -0.05) is 41.4 Å². The number of hydrogen-bond donors (Lipinski definition) is 1. The van der Waals surface area contributed by atoms with Crippen LogP contribution in [0, 0.1) is 0 Å². The van der Waals surface area contributed by atoms with E-state index >= 15 is 0 Å². The van der Waals surface area contributed by atoms with Crippen LogP contribution < -0.4 is 14.8 Å². The first-order chi connectivity index (χ1) is 10.6. The molecule has 2 rings (SSSR count). The third-order valence-corrected chi connectivity index (χ3v) is 3.47. The Balaban J connectivity index is 1.87. The van der Waals surface area contributed by atoms with E-state index in [0.29, 0.717) is 22.3 Å². The van der Waals surface area contributed by atoms with Crippen molar-refractivity contribution >= 4 is 29.1 Å². The molecule has 0 radical (unpaired) electrons. The number of nitrogens with one attached hydrogen (secondary N) is 1. The summed E-state index contributed by atoms with van der Waals surface area (Å²) in [6.07, 6.45) is 0. The largest absolute Gasteiger partial charge is 0.496 e. The van der Waals surface area contributed by atoms with E-state index in [1.807, 2.05) is 24.3 Å². The number of carbonyl (C=O) groups excluding carboxylic acids is 1. The van der Waals surface area contributed by atoms with Crippen LogP contribution in [0.4, 0.5) is 0 Å². The van der Waals surface area contributed by atoms with Gasteiger partial charge >= 0.3 is 0 Å². The topological polar surface area (TPSA) is 47.6 Å². The number of ether oxygens (including phenoxy) is 2. The minimum absolute atomic E-state index is 0.144. The molecule has 0 bridgehead atoms. The molecule has 0 heterocycles. The Kier molecular flexibility index (Phi) is 5.92. The lowest BCUT2D eigenvalue weighted by Gasteiger charge is -2.11. The molecule has 0 unspecified atom stereocenters. The zero-order valence-corrected chi connectivity index (χ0v) is 13.4. The molecule has 0 saturated carbocycles. The predicted molar refractivity (Wildman–Crippen MR) is 86.8 cm³/mol. The summed E-state index contributed by atoms with van der Waals surface area (Å²) in [6, 6.07) is 12.3. The third-order valence-electron chi connectivity index (χ3n) is 2.92. The van der Waals surface area contributed by atoms with Gasteiger partial charge in [0.25, 0.3) is 5.91 Å². The summed E-state index contributed by atoms with van der Waals surface area (Å²) in [5.74, 6) is 0.838. The lowest BCUT2D eigenvalue weighted by atomic mass is 10.2. The van der Waals surface area contributed by atoms with Gasteiger partial charge in [0, 0.05) is 23.2 Å². The number of para-hydroxylation sites is 1. The monoisotopic (exact) mass is 339 g/mol. The van der Waals surface area contributed by atoms with Crippen molar-refractivity contribution in [2.45, 2.75) is 6.54 Å². The summed E-state index contributed by atoms with van der Waals surface area (Å²) in [7, 11) is 1.59. The van der Waals surface area contributed by atoms with Crippen molar-refractivity contribution in [1.82, 2.24) is 5.32 Å². The molecule has 0 atom stereocenters. The number of hydrogen-bond acceptors (Lipinski definition) is 3. The van der Waals surface area contributed by atoms with Crippen LogP contribution in [0.15, 0.2) is 42.5 Å². The summed E-state index contributed by atoms with van der Waals surface area (Å²) in [5.41, 5.74) is 0.888. The van der Waals surface area contributed by atoms with E-state index in [1.54, 1.807) is 25.3 Å². The van der Waals surface area contributed by atoms with Crippen LogP contribution in [0.5, 0.6) is 11.5 Å². The van der Waals surface area contributed by atoms with Crippen LogP contribution in [0.3, 0.4) is 0 Å². The van der Waals surface area contributed by atoms with Crippen molar-refractivity contribution in [3.05, 3.63) is 58.1 Å². The maximum atomic E-state index is 11.8. The van der Waals surface area contributed by atoms with Gasteiger partial charge < -0.3 is 14.8 Å². The van der Waals surface area contributed by atoms with Gasteiger partial charge in [0.2, 0.25) is 0 Å². The number of amides is 1. The highest BCUT2D eigenvalue weighted by Gasteiger charge is 2.08. The van der Waals surface area contributed by atoms with E-state index in [1.165, 1.54) is 0 Å². The van der Waals surface area contributed by atoms with Gasteiger partial charge in [-0.15, -0.1) is 0 Å². The molecule has 2 aromatic rings. The van der Waals surface area contributed by atoms with E-state index in [4.69, 9.17) is 32.7 Å². The smallest absolute Gasteiger partial charge is 0.258 e. The molecule has 0 saturated heterocycles. The molecular weight excluding hydrogens is 325 g/mol. The van der Waals surface area contributed by atoms with Gasteiger partial charge in [0.15, 0.2) is 6.61 Å². The van der Waals surface area contributed by atoms with Crippen molar-refractivity contribution in [2.75, 3.05) is 13.7 Å². The Morgan fingerprint density at radius 3 is 2.68 bits per heavy atom. The van der Waals surface area contributed by atoms with E-state index < -0.39 is 0 Å². The summed E-state index contributed by atoms with van der Waals surface area (Å²) in [5, 5.41) is 3.66. The molecule has 22 heavy (non-hydrogen) atoms. The van der Waals surface area contributed by atoms with Gasteiger partial charge in [-0.3, -0.25) is 4.79 Å². The molecule has 116 valence electrons. The maximum absolute atomic E-state index is 11.8. The molecule has 0 aliphatic carbocycles. The van der Waals surface area contributed by atoms with Gasteiger partial charge in [-0.05, 0) is 18.2 Å². The molecule has 0 spiro atoms. The fraction of sp³-hybridized carbons (Fsp3) is 0.188. The van der Waals surface area contributed by atoms with Gasteiger partial charge in [-0.2, -0.15) is 0 Å². The first-order valence-electron chi connectivity index (χ1n) is 6.56. The third kappa shape index (κ3) is 4.55. The summed E-state index contributed by atoms with van der Waals surface area (Å²) >= 11 is 11.8. The minimum Gasteiger partial charge on any atom is -0.496 e. The second-order valence-electron chi connectivity index (χ2n) is 4.45. The summed E-state index contributed by atoms with van der Waals surface area (Å²) < 4.78 is 10.6. The standard InChI is InChI=1S/C16H15Cl2NO3/c1-21-14-5-3-2-4-11(14)9-19-16(20)10-22-15-8-12(17)6-7-13(15)18/h2-8H,9-10H2,1H3,(H,19,20). The zero-order chi connectivity index (χ0) is 15.9. The van der Waals surface area contributed by atoms with E-state index in [9.17, 15) is 4.79 Å². The predicted octanol–water partition coefficient (Wildman–Crippen LogP) is 3.70. The quantitative estimate of drug-likeness (QED) is 0.872. The Morgan fingerprint density at radius 1 is 1.14 bits per heavy atom. The van der Waals surface area contributed by atoms with Crippen molar-refractivity contribution in [2.24, 2.45) is 0 Å². The Labute approximate surface area is 138 Å². The molecule has 0 fully saturated rings.